The zero-order valence-corrected chi connectivity index (χ0v) is 10.0. The number of carbonyl (C=O) groups is 1. The minimum atomic E-state index is 0.415. The Morgan fingerprint density at radius 3 is 2.33 bits per heavy atom. The van der Waals surface area contributed by atoms with Crippen LogP contribution in [0.25, 0.3) is 0 Å². The molecule has 0 spiro atoms. The Hall–Kier alpha value is -0.530. The first-order valence-corrected chi connectivity index (χ1v) is 6.46. The van der Waals surface area contributed by atoms with Crippen LogP contribution in [0, 0.1) is 17.8 Å². The smallest absolute Gasteiger partial charge is 0.222 e. The van der Waals surface area contributed by atoms with Crippen molar-refractivity contribution < 1.29 is 4.79 Å². The average Bonchev–Trinajstić information content (AvgIpc) is 2.87. The molecule has 1 aliphatic carbocycles. The summed E-state index contributed by atoms with van der Waals surface area (Å²) in [7, 11) is 0. The highest BCUT2D eigenvalue weighted by atomic mass is 16.2. The van der Waals surface area contributed by atoms with Crippen molar-refractivity contribution in [2.24, 2.45) is 17.8 Å². The first kappa shape index (κ1) is 11.0. The lowest BCUT2D eigenvalue weighted by molar-refractivity contribution is -0.131. The third-order valence-corrected chi connectivity index (χ3v) is 3.95. The topological polar surface area (TPSA) is 20.3 Å². The lowest BCUT2D eigenvalue weighted by Crippen LogP contribution is -2.31. The summed E-state index contributed by atoms with van der Waals surface area (Å²) in [6, 6.07) is 0. The molecule has 2 heteroatoms. The second kappa shape index (κ2) is 4.54. The van der Waals surface area contributed by atoms with Crippen molar-refractivity contribution in [3.05, 3.63) is 0 Å². The normalized spacial score (nSPS) is 23.5. The van der Waals surface area contributed by atoms with E-state index in [4.69, 9.17) is 0 Å². The molecule has 1 amide bonds. The second-order valence-electron chi connectivity index (χ2n) is 5.54. The van der Waals surface area contributed by atoms with Gasteiger partial charge in [-0.15, -0.1) is 0 Å². The highest BCUT2D eigenvalue weighted by Gasteiger charge is 2.35. The number of amides is 1. The number of likely N-dealkylation sites (tertiary alicyclic amines) is 1. The van der Waals surface area contributed by atoms with Gasteiger partial charge in [0.1, 0.15) is 0 Å². The van der Waals surface area contributed by atoms with Gasteiger partial charge >= 0.3 is 0 Å². The largest absolute Gasteiger partial charge is 0.343 e. The Bertz CT molecular complexity index is 225. The minimum Gasteiger partial charge on any atom is -0.343 e. The van der Waals surface area contributed by atoms with E-state index in [1.54, 1.807) is 0 Å². The molecule has 0 N–H and O–H groups in total. The van der Waals surface area contributed by atoms with Crippen LogP contribution < -0.4 is 0 Å². The molecule has 0 aromatic heterocycles. The minimum absolute atomic E-state index is 0.415. The van der Waals surface area contributed by atoms with Crippen molar-refractivity contribution in [3.63, 3.8) is 0 Å². The van der Waals surface area contributed by atoms with Crippen LogP contribution in [0.2, 0.25) is 0 Å². The van der Waals surface area contributed by atoms with E-state index < -0.39 is 0 Å². The Kier molecular flexibility index (Phi) is 3.32. The summed E-state index contributed by atoms with van der Waals surface area (Å²) in [4.78, 5) is 14.1. The molecule has 2 fully saturated rings. The van der Waals surface area contributed by atoms with Crippen LogP contribution in [0.5, 0.6) is 0 Å². The van der Waals surface area contributed by atoms with Gasteiger partial charge in [-0.25, -0.2) is 0 Å². The Morgan fingerprint density at radius 2 is 1.87 bits per heavy atom. The first-order valence-electron chi connectivity index (χ1n) is 6.46. The van der Waals surface area contributed by atoms with E-state index in [0.29, 0.717) is 17.7 Å². The van der Waals surface area contributed by atoms with E-state index in [1.165, 1.54) is 25.7 Å². The maximum atomic E-state index is 12.0. The number of nitrogens with zero attached hydrogens (tertiary/aromatic N) is 1. The van der Waals surface area contributed by atoms with Crippen molar-refractivity contribution in [2.45, 2.75) is 46.0 Å². The van der Waals surface area contributed by atoms with Gasteiger partial charge < -0.3 is 4.90 Å². The van der Waals surface area contributed by atoms with Gasteiger partial charge in [-0.2, -0.15) is 0 Å². The van der Waals surface area contributed by atoms with Crippen molar-refractivity contribution in [1.29, 1.82) is 0 Å². The molecule has 1 saturated carbocycles. The second-order valence-corrected chi connectivity index (χ2v) is 5.54. The number of carbonyl (C=O) groups excluding carboxylic acids is 1. The molecule has 2 rings (SSSR count). The van der Waals surface area contributed by atoms with Gasteiger partial charge in [0, 0.05) is 19.5 Å². The van der Waals surface area contributed by atoms with Crippen molar-refractivity contribution >= 4 is 5.91 Å². The summed E-state index contributed by atoms with van der Waals surface area (Å²) in [6.45, 7) is 6.54. The van der Waals surface area contributed by atoms with Crippen LogP contribution in [0.3, 0.4) is 0 Å². The average molecular weight is 209 g/mol. The maximum absolute atomic E-state index is 12.0. The molecule has 1 saturated heterocycles. The molecule has 86 valence electrons. The first-order chi connectivity index (χ1) is 7.18. The molecule has 0 radical (unpaired) electrons. The molecule has 2 aliphatic rings. The van der Waals surface area contributed by atoms with E-state index in [1.807, 2.05) is 0 Å². The SMILES string of the molecule is CC(C)C(CC(=O)N1CCCC1)C1CC1. The highest BCUT2D eigenvalue weighted by Crippen LogP contribution is 2.42. The number of hydrogen-bond acceptors (Lipinski definition) is 1. The van der Waals surface area contributed by atoms with Crippen LogP contribution >= 0.6 is 0 Å². The van der Waals surface area contributed by atoms with Gasteiger partial charge in [-0.1, -0.05) is 13.8 Å². The van der Waals surface area contributed by atoms with Gasteiger partial charge in [0.05, 0.1) is 0 Å². The lowest BCUT2D eigenvalue weighted by atomic mass is 9.87. The van der Waals surface area contributed by atoms with Gasteiger partial charge in [0.15, 0.2) is 0 Å². The molecule has 1 unspecified atom stereocenters. The van der Waals surface area contributed by atoms with Crippen LogP contribution in [0.15, 0.2) is 0 Å². The van der Waals surface area contributed by atoms with Crippen molar-refractivity contribution in [3.8, 4) is 0 Å². The predicted octanol–water partition coefficient (Wildman–Crippen LogP) is 2.68. The molecular formula is C13H23NO. The fourth-order valence-electron chi connectivity index (χ4n) is 2.77. The van der Waals surface area contributed by atoms with E-state index in [0.717, 1.165) is 25.4 Å². The molecule has 1 heterocycles. The zero-order valence-electron chi connectivity index (χ0n) is 10.0. The third kappa shape index (κ3) is 2.73. The maximum Gasteiger partial charge on any atom is 0.222 e. The Balaban J connectivity index is 1.84. The van der Waals surface area contributed by atoms with Gasteiger partial charge in [-0.3, -0.25) is 4.79 Å². The summed E-state index contributed by atoms with van der Waals surface area (Å²) in [5, 5.41) is 0. The Morgan fingerprint density at radius 1 is 1.27 bits per heavy atom. The van der Waals surface area contributed by atoms with E-state index in [2.05, 4.69) is 18.7 Å². The van der Waals surface area contributed by atoms with Crippen LogP contribution in [-0.2, 0) is 4.79 Å². The molecule has 1 aliphatic heterocycles. The molecule has 15 heavy (non-hydrogen) atoms. The van der Waals surface area contributed by atoms with Crippen molar-refractivity contribution in [1.82, 2.24) is 4.90 Å². The molecule has 1 atom stereocenters. The van der Waals surface area contributed by atoms with Gasteiger partial charge in [0.25, 0.3) is 0 Å². The van der Waals surface area contributed by atoms with Gasteiger partial charge in [0.2, 0.25) is 5.91 Å². The summed E-state index contributed by atoms with van der Waals surface area (Å²) < 4.78 is 0. The van der Waals surface area contributed by atoms with Crippen LogP contribution in [-0.4, -0.2) is 23.9 Å². The lowest BCUT2D eigenvalue weighted by Gasteiger charge is -2.23. The van der Waals surface area contributed by atoms with Crippen LogP contribution in [0.4, 0.5) is 0 Å². The zero-order chi connectivity index (χ0) is 10.8. The summed E-state index contributed by atoms with van der Waals surface area (Å²) in [5.74, 6) is 2.59. The molecular weight excluding hydrogens is 186 g/mol. The number of rotatable bonds is 4. The summed E-state index contributed by atoms with van der Waals surface area (Å²) in [6.07, 6.45) is 5.94. The predicted molar refractivity (Wildman–Crippen MR) is 61.5 cm³/mol. The fraction of sp³-hybridized carbons (Fsp3) is 0.923. The quantitative estimate of drug-likeness (QED) is 0.697. The van der Waals surface area contributed by atoms with E-state index in [-0.39, 0.29) is 0 Å². The molecule has 0 aromatic rings. The fourth-order valence-corrected chi connectivity index (χ4v) is 2.77. The third-order valence-electron chi connectivity index (χ3n) is 3.95. The number of hydrogen-bond donors (Lipinski definition) is 0. The summed E-state index contributed by atoms with van der Waals surface area (Å²) >= 11 is 0. The summed E-state index contributed by atoms with van der Waals surface area (Å²) in [5.41, 5.74) is 0. The monoisotopic (exact) mass is 209 g/mol. The highest BCUT2D eigenvalue weighted by molar-refractivity contribution is 5.76. The van der Waals surface area contributed by atoms with E-state index in [9.17, 15) is 4.79 Å². The molecule has 0 aromatic carbocycles. The molecule has 0 bridgehead atoms. The Labute approximate surface area is 93.0 Å². The van der Waals surface area contributed by atoms with Crippen LogP contribution in [0.1, 0.15) is 46.0 Å². The van der Waals surface area contributed by atoms with Gasteiger partial charge in [-0.05, 0) is 43.4 Å². The standard InChI is InChI=1S/C13H23NO/c1-10(2)12(11-5-6-11)9-13(15)14-7-3-4-8-14/h10-12H,3-9H2,1-2H3. The van der Waals surface area contributed by atoms with Crippen molar-refractivity contribution in [2.75, 3.05) is 13.1 Å². The van der Waals surface area contributed by atoms with E-state index >= 15 is 0 Å². The molecule has 2 nitrogen and oxygen atoms in total.